The van der Waals surface area contributed by atoms with Crippen LogP contribution >= 0.6 is 0 Å². The Balaban J connectivity index is 1.55. The van der Waals surface area contributed by atoms with E-state index in [2.05, 4.69) is 5.32 Å². The van der Waals surface area contributed by atoms with Crippen molar-refractivity contribution in [1.82, 2.24) is 5.32 Å². The number of rotatable bonds is 9. The number of aliphatic carboxylic acids is 1. The molecule has 0 unspecified atom stereocenters. The molecule has 2 heterocycles. The third kappa shape index (κ3) is 5.40. The van der Waals surface area contributed by atoms with Gasteiger partial charge in [0, 0.05) is 61.2 Å². The molecule has 0 aromatic heterocycles. The smallest absolute Gasteiger partial charge is 0.340 e. The van der Waals surface area contributed by atoms with Gasteiger partial charge in [0.15, 0.2) is 5.60 Å². The molecule has 2 aliphatic heterocycles. The second-order valence-electron chi connectivity index (χ2n) is 9.90. The number of benzene rings is 3. The molecule has 3 aromatic rings. The number of carbonyl (C=O) groups is 5. The summed E-state index contributed by atoms with van der Waals surface area (Å²) in [6, 6.07) is 14.0. The van der Waals surface area contributed by atoms with Gasteiger partial charge >= 0.3 is 23.9 Å². The van der Waals surface area contributed by atoms with Crippen molar-refractivity contribution in [3.8, 4) is 23.0 Å². The molecule has 1 amide bonds. The number of hydrogen-bond donors (Lipinski definition) is 2. The van der Waals surface area contributed by atoms with Crippen LogP contribution in [0.4, 0.5) is 0 Å². The Kier molecular flexibility index (Phi) is 7.66. The van der Waals surface area contributed by atoms with E-state index in [1.807, 2.05) is 0 Å². The summed E-state index contributed by atoms with van der Waals surface area (Å²) in [5.74, 6) is -2.02. The number of fused-ring (bicyclic) bond motifs is 6. The predicted octanol–water partition coefficient (Wildman–Crippen LogP) is 4.48. The van der Waals surface area contributed by atoms with Gasteiger partial charge in [-0.1, -0.05) is 6.42 Å². The van der Waals surface area contributed by atoms with Crippen molar-refractivity contribution in [3.63, 3.8) is 0 Å². The number of hydrogen-bond acceptors (Lipinski definition) is 9. The zero-order valence-corrected chi connectivity index (χ0v) is 22.9. The zero-order chi connectivity index (χ0) is 30.0. The fraction of sp³-hybridized carbons (Fsp3) is 0.258. The molecule has 0 aliphatic carbocycles. The number of nitrogens with one attached hydrogen (secondary N) is 1. The first-order chi connectivity index (χ1) is 20.1. The van der Waals surface area contributed by atoms with E-state index < -0.39 is 29.5 Å². The molecule has 0 fully saturated rings. The first-order valence-corrected chi connectivity index (χ1v) is 13.3. The fourth-order valence-corrected chi connectivity index (χ4v) is 5.16. The third-order valence-electron chi connectivity index (χ3n) is 6.89. The fourth-order valence-electron chi connectivity index (χ4n) is 5.16. The van der Waals surface area contributed by atoms with Gasteiger partial charge in [0.05, 0.1) is 5.56 Å². The van der Waals surface area contributed by atoms with Crippen LogP contribution in [-0.2, 0) is 24.7 Å². The summed E-state index contributed by atoms with van der Waals surface area (Å²) in [4.78, 5) is 60.2. The van der Waals surface area contributed by atoms with Crippen LogP contribution < -0.4 is 19.5 Å². The Bertz CT molecular complexity index is 1560. The summed E-state index contributed by atoms with van der Waals surface area (Å²) in [6.07, 6.45) is 1.86. The molecule has 3 aromatic carbocycles. The summed E-state index contributed by atoms with van der Waals surface area (Å²) >= 11 is 0. The normalized spacial score (nSPS) is 13.6. The van der Waals surface area contributed by atoms with E-state index in [1.54, 1.807) is 30.3 Å². The Morgan fingerprint density at radius 3 is 2.00 bits per heavy atom. The van der Waals surface area contributed by atoms with Crippen molar-refractivity contribution >= 4 is 29.8 Å². The summed E-state index contributed by atoms with van der Waals surface area (Å²) in [5.41, 5.74) is 0.314. The van der Waals surface area contributed by atoms with E-state index in [0.717, 1.165) is 0 Å². The summed E-state index contributed by atoms with van der Waals surface area (Å²) in [7, 11) is 0. The van der Waals surface area contributed by atoms with Gasteiger partial charge in [-0.2, -0.15) is 0 Å². The van der Waals surface area contributed by atoms with Crippen molar-refractivity contribution in [2.75, 3.05) is 6.54 Å². The SMILES string of the molecule is CC(=O)Oc1ccc2c(c1)Oc1cc(OC(C)=O)ccc1C21OC(=O)c2ccc(C(=O)NCCCCCC(=O)O)cc21. The molecule has 0 bridgehead atoms. The molecular weight excluding hydrogens is 546 g/mol. The van der Waals surface area contributed by atoms with Crippen molar-refractivity contribution in [2.45, 2.75) is 45.1 Å². The molecule has 42 heavy (non-hydrogen) atoms. The molecule has 0 radical (unpaired) electrons. The standard InChI is InChI=1S/C31H27NO10/c1-17(33)39-20-8-11-23-26(15-20)41-27-16-21(40-18(2)34)9-12-24(27)31(23)25-14-19(7-10-22(25)30(38)42-31)29(37)32-13-5-3-4-6-28(35)36/h7-12,14-16H,3-6,13H2,1-2H3,(H,32,37)(H,35,36). The van der Waals surface area contributed by atoms with E-state index in [-0.39, 0.29) is 40.9 Å². The van der Waals surface area contributed by atoms with E-state index in [9.17, 15) is 24.0 Å². The van der Waals surface area contributed by atoms with Gasteiger partial charge in [-0.15, -0.1) is 0 Å². The van der Waals surface area contributed by atoms with Gasteiger partial charge in [-0.25, -0.2) is 4.79 Å². The van der Waals surface area contributed by atoms with Gasteiger partial charge in [-0.3, -0.25) is 19.2 Å². The highest BCUT2D eigenvalue weighted by Gasteiger charge is 2.54. The third-order valence-corrected chi connectivity index (χ3v) is 6.89. The molecule has 216 valence electrons. The van der Waals surface area contributed by atoms with Crippen LogP contribution in [0.1, 0.15) is 76.9 Å². The maximum Gasteiger partial charge on any atom is 0.340 e. The minimum Gasteiger partial charge on any atom is -0.481 e. The van der Waals surface area contributed by atoms with E-state index in [0.29, 0.717) is 48.1 Å². The number of esters is 3. The Labute approximate surface area is 240 Å². The number of carboxylic acids is 1. The molecule has 2 N–H and O–H groups in total. The highest BCUT2D eigenvalue weighted by molar-refractivity contribution is 6.00. The first-order valence-electron chi connectivity index (χ1n) is 13.3. The predicted molar refractivity (Wildman–Crippen MR) is 146 cm³/mol. The van der Waals surface area contributed by atoms with Gasteiger partial charge in [-0.05, 0) is 55.3 Å². The van der Waals surface area contributed by atoms with Crippen LogP contribution in [0.2, 0.25) is 0 Å². The van der Waals surface area contributed by atoms with Crippen molar-refractivity contribution in [1.29, 1.82) is 0 Å². The highest BCUT2D eigenvalue weighted by Crippen LogP contribution is 2.57. The molecule has 0 atom stereocenters. The molecule has 0 saturated carbocycles. The van der Waals surface area contributed by atoms with Crippen LogP contribution in [0.5, 0.6) is 23.0 Å². The minimum atomic E-state index is -1.52. The van der Waals surface area contributed by atoms with Crippen LogP contribution in [0.15, 0.2) is 54.6 Å². The van der Waals surface area contributed by atoms with Gasteiger partial charge < -0.3 is 29.4 Å². The zero-order valence-electron chi connectivity index (χ0n) is 22.9. The average molecular weight is 574 g/mol. The maximum atomic E-state index is 13.2. The number of carbonyl (C=O) groups excluding carboxylic acids is 4. The van der Waals surface area contributed by atoms with Crippen LogP contribution in [-0.4, -0.2) is 41.4 Å². The molecule has 0 saturated heterocycles. The monoisotopic (exact) mass is 573 g/mol. The summed E-state index contributed by atoms with van der Waals surface area (Å²) in [6.45, 7) is 2.88. The molecule has 5 rings (SSSR count). The van der Waals surface area contributed by atoms with Gasteiger partial charge in [0.2, 0.25) is 0 Å². The molecular formula is C31H27NO10. The van der Waals surface area contributed by atoms with E-state index in [4.69, 9.17) is 24.1 Å². The van der Waals surface area contributed by atoms with Crippen LogP contribution in [0.3, 0.4) is 0 Å². The second-order valence-corrected chi connectivity index (χ2v) is 9.90. The number of carboxylic acid groups (broad SMARTS) is 1. The Morgan fingerprint density at radius 2 is 1.43 bits per heavy atom. The maximum absolute atomic E-state index is 13.2. The lowest BCUT2D eigenvalue weighted by molar-refractivity contribution is -0.137. The van der Waals surface area contributed by atoms with Crippen molar-refractivity contribution in [2.24, 2.45) is 0 Å². The number of amides is 1. The Hall–Kier alpha value is -5.19. The molecule has 11 heteroatoms. The van der Waals surface area contributed by atoms with E-state index in [1.165, 1.54) is 38.1 Å². The molecule has 11 nitrogen and oxygen atoms in total. The highest BCUT2D eigenvalue weighted by atomic mass is 16.6. The lowest BCUT2D eigenvalue weighted by atomic mass is 9.77. The van der Waals surface area contributed by atoms with Crippen molar-refractivity contribution in [3.05, 3.63) is 82.4 Å². The largest absolute Gasteiger partial charge is 0.481 e. The average Bonchev–Trinajstić information content (AvgIpc) is 3.21. The summed E-state index contributed by atoms with van der Waals surface area (Å²) in [5, 5.41) is 11.6. The lowest BCUT2D eigenvalue weighted by Gasteiger charge is -2.36. The van der Waals surface area contributed by atoms with Gasteiger partial charge in [0.1, 0.15) is 23.0 Å². The van der Waals surface area contributed by atoms with Gasteiger partial charge in [0.25, 0.3) is 5.91 Å². The van der Waals surface area contributed by atoms with E-state index >= 15 is 0 Å². The lowest BCUT2D eigenvalue weighted by Crippen LogP contribution is -2.33. The Morgan fingerprint density at radius 1 is 0.810 bits per heavy atom. The number of unbranched alkanes of at least 4 members (excludes halogenated alkanes) is 2. The van der Waals surface area contributed by atoms with Crippen molar-refractivity contribution < 1.29 is 48.0 Å². The van der Waals surface area contributed by atoms with Crippen LogP contribution in [0, 0.1) is 0 Å². The first kappa shape index (κ1) is 28.3. The van der Waals surface area contributed by atoms with Crippen LogP contribution in [0.25, 0.3) is 0 Å². The molecule has 2 aliphatic rings. The molecule has 1 spiro atoms. The summed E-state index contributed by atoms with van der Waals surface area (Å²) < 4.78 is 22.7. The minimum absolute atomic E-state index is 0.0757. The second kappa shape index (κ2) is 11.4. The topological polar surface area (TPSA) is 155 Å². The number of ether oxygens (including phenoxy) is 4. The quantitative estimate of drug-likeness (QED) is 0.213.